The van der Waals surface area contributed by atoms with E-state index in [4.69, 9.17) is 10.5 Å². The van der Waals surface area contributed by atoms with Crippen LogP contribution in [0.3, 0.4) is 0 Å². The lowest BCUT2D eigenvalue weighted by atomic mass is 9.92. The number of amides is 1. The fourth-order valence-electron chi connectivity index (χ4n) is 3.65. The SMILES string of the molecule is CNc1nc2cc(C(N)=O)cc3c2n1CC(C)(C)CN3CCCOC. The first-order valence-electron chi connectivity index (χ1n) is 8.62. The van der Waals surface area contributed by atoms with Crippen LogP contribution in [0, 0.1) is 5.41 Å². The van der Waals surface area contributed by atoms with Gasteiger partial charge >= 0.3 is 0 Å². The number of aromatic nitrogens is 2. The lowest BCUT2D eigenvalue weighted by molar-refractivity contribution is 0.100. The number of hydrogen-bond acceptors (Lipinski definition) is 5. The zero-order valence-electron chi connectivity index (χ0n) is 15.4. The first-order valence-corrected chi connectivity index (χ1v) is 8.62. The second kappa shape index (κ2) is 6.55. The fourth-order valence-corrected chi connectivity index (χ4v) is 3.65. The van der Waals surface area contributed by atoms with Crippen molar-refractivity contribution in [1.82, 2.24) is 9.55 Å². The highest BCUT2D eigenvalue weighted by molar-refractivity contribution is 6.01. The zero-order chi connectivity index (χ0) is 18.2. The molecule has 1 aliphatic rings. The first-order chi connectivity index (χ1) is 11.9. The fraction of sp³-hybridized carbons (Fsp3) is 0.556. The van der Waals surface area contributed by atoms with Gasteiger partial charge in [-0.25, -0.2) is 4.98 Å². The van der Waals surface area contributed by atoms with Crippen LogP contribution in [-0.4, -0.2) is 49.3 Å². The molecular weight excluding hydrogens is 318 g/mol. The first kappa shape index (κ1) is 17.5. The summed E-state index contributed by atoms with van der Waals surface area (Å²) in [6, 6.07) is 3.68. The van der Waals surface area contributed by atoms with Gasteiger partial charge in [0.2, 0.25) is 11.9 Å². The number of benzene rings is 1. The van der Waals surface area contributed by atoms with Crippen LogP contribution in [-0.2, 0) is 11.3 Å². The standard InChI is InChI=1S/C18H27N5O2/c1-18(2)10-22(6-5-7-25-4)14-9-12(16(19)24)8-13-15(14)23(11-18)17(20-3)21-13/h8-9H,5-7,10-11H2,1-4H3,(H2,19,24)(H,20,21). The number of anilines is 2. The third-order valence-corrected chi connectivity index (χ3v) is 4.65. The minimum Gasteiger partial charge on any atom is -0.385 e. The quantitative estimate of drug-likeness (QED) is 0.783. The van der Waals surface area contributed by atoms with Gasteiger partial charge in [0.15, 0.2) is 0 Å². The molecule has 0 saturated carbocycles. The van der Waals surface area contributed by atoms with Gasteiger partial charge in [-0.1, -0.05) is 13.8 Å². The van der Waals surface area contributed by atoms with Crippen LogP contribution < -0.4 is 16.0 Å². The summed E-state index contributed by atoms with van der Waals surface area (Å²) in [7, 11) is 3.58. The number of ether oxygens (including phenoxy) is 1. The number of rotatable bonds is 6. The van der Waals surface area contributed by atoms with Gasteiger partial charge in [0.05, 0.1) is 16.7 Å². The van der Waals surface area contributed by atoms with Crippen molar-refractivity contribution in [3.05, 3.63) is 17.7 Å². The van der Waals surface area contributed by atoms with E-state index in [9.17, 15) is 4.79 Å². The highest BCUT2D eigenvalue weighted by atomic mass is 16.5. The zero-order valence-corrected chi connectivity index (χ0v) is 15.4. The van der Waals surface area contributed by atoms with Crippen LogP contribution in [0.15, 0.2) is 12.1 Å². The Labute approximate surface area is 148 Å². The van der Waals surface area contributed by atoms with Crippen LogP contribution in [0.1, 0.15) is 30.6 Å². The Morgan fingerprint density at radius 2 is 2.16 bits per heavy atom. The van der Waals surface area contributed by atoms with Gasteiger partial charge in [0.1, 0.15) is 0 Å². The van der Waals surface area contributed by atoms with Crippen molar-refractivity contribution < 1.29 is 9.53 Å². The van der Waals surface area contributed by atoms with Crippen molar-refractivity contribution >= 4 is 28.6 Å². The molecule has 1 aromatic carbocycles. The number of carbonyl (C=O) groups excluding carboxylic acids is 1. The maximum Gasteiger partial charge on any atom is 0.248 e. The molecule has 7 heteroatoms. The van der Waals surface area contributed by atoms with E-state index in [0.717, 1.165) is 48.7 Å². The number of nitrogens with one attached hydrogen (secondary N) is 1. The molecule has 0 radical (unpaired) electrons. The van der Waals surface area contributed by atoms with Crippen molar-refractivity contribution in [3.8, 4) is 0 Å². The molecule has 2 aromatic rings. The van der Waals surface area contributed by atoms with Gasteiger partial charge < -0.3 is 25.3 Å². The van der Waals surface area contributed by atoms with Crippen LogP contribution in [0.5, 0.6) is 0 Å². The normalized spacial score (nSPS) is 16.1. The Bertz CT molecular complexity index is 796. The van der Waals surface area contributed by atoms with Crippen LogP contribution in [0.25, 0.3) is 11.0 Å². The van der Waals surface area contributed by atoms with E-state index in [2.05, 4.69) is 33.6 Å². The number of nitrogens with two attached hydrogens (primary N) is 1. The van der Waals surface area contributed by atoms with Crippen molar-refractivity contribution in [2.75, 3.05) is 44.1 Å². The van der Waals surface area contributed by atoms with E-state index in [1.807, 2.05) is 13.1 Å². The van der Waals surface area contributed by atoms with Crippen LogP contribution in [0.2, 0.25) is 0 Å². The van der Waals surface area contributed by atoms with E-state index in [1.54, 1.807) is 13.2 Å². The summed E-state index contributed by atoms with van der Waals surface area (Å²) < 4.78 is 7.43. The molecular formula is C18H27N5O2. The van der Waals surface area contributed by atoms with Gasteiger partial charge in [-0.05, 0) is 18.6 Å². The Balaban J connectivity index is 2.20. The molecule has 7 nitrogen and oxygen atoms in total. The third-order valence-electron chi connectivity index (χ3n) is 4.65. The Morgan fingerprint density at radius 3 is 2.80 bits per heavy atom. The summed E-state index contributed by atoms with van der Waals surface area (Å²) in [5.74, 6) is 0.378. The van der Waals surface area contributed by atoms with E-state index in [0.29, 0.717) is 12.2 Å². The van der Waals surface area contributed by atoms with Crippen LogP contribution >= 0.6 is 0 Å². The number of imidazole rings is 1. The molecule has 2 heterocycles. The summed E-state index contributed by atoms with van der Waals surface area (Å²) in [6.45, 7) is 7.80. The van der Waals surface area contributed by atoms with Crippen molar-refractivity contribution in [2.45, 2.75) is 26.8 Å². The largest absolute Gasteiger partial charge is 0.385 e. The Hall–Kier alpha value is -2.28. The molecule has 0 spiro atoms. The number of primary amides is 1. The van der Waals surface area contributed by atoms with Crippen molar-refractivity contribution in [3.63, 3.8) is 0 Å². The molecule has 3 rings (SSSR count). The average molecular weight is 345 g/mol. The lowest BCUT2D eigenvalue weighted by Gasteiger charge is -2.32. The third kappa shape index (κ3) is 3.28. The molecule has 25 heavy (non-hydrogen) atoms. The number of nitrogens with zero attached hydrogens (tertiary/aromatic N) is 3. The number of hydrogen-bond donors (Lipinski definition) is 2. The molecule has 0 fully saturated rings. The summed E-state index contributed by atoms with van der Waals surface area (Å²) in [6.07, 6.45) is 0.919. The number of carbonyl (C=O) groups is 1. The second-order valence-corrected chi connectivity index (χ2v) is 7.43. The topological polar surface area (TPSA) is 85.4 Å². The maximum atomic E-state index is 11.8. The van der Waals surface area contributed by atoms with Gasteiger partial charge in [0.25, 0.3) is 0 Å². The lowest BCUT2D eigenvalue weighted by Crippen LogP contribution is -2.36. The van der Waals surface area contributed by atoms with Crippen molar-refractivity contribution in [2.24, 2.45) is 11.1 Å². The van der Waals surface area contributed by atoms with Crippen LogP contribution in [0.4, 0.5) is 11.6 Å². The minimum atomic E-state index is -0.431. The number of methoxy groups -OCH3 is 1. The smallest absolute Gasteiger partial charge is 0.248 e. The highest BCUT2D eigenvalue weighted by Crippen LogP contribution is 2.38. The molecule has 0 saturated heterocycles. The van der Waals surface area contributed by atoms with Gasteiger partial charge in [-0.3, -0.25) is 4.79 Å². The molecule has 0 bridgehead atoms. The van der Waals surface area contributed by atoms with Gasteiger partial charge in [-0.2, -0.15) is 0 Å². The second-order valence-electron chi connectivity index (χ2n) is 7.43. The Morgan fingerprint density at radius 1 is 1.40 bits per heavy atom. The Kier molecular flexibility index (Phi) is 4.60. The van der Waals surface area contributed by atoms with E-state index in [1.165, 1.54) is 0 Å². The molecule has 1 aliphatic heterocycles. The van der Waals surface area contributed by atoms with E-state index >= 15 is 0 Å². The van der Waals surface area contributed by atoms with Gasteiger partial charge in [0, 0.05) is 51.4 Å². The molecule has 3 N–H and O–H groups in total. The predicted molar refractivity (Wildman–Crippen MR) is 100 cm³/mol. The summed E-state index contributed by atoms with van der Waals surface area (Å²) in [4.78, 5) is 18.8. The summed E-state index contributed by atoms with van der Waals surface area (Å²) >= 11 is 0. The molecule has 136 valence electrons. The van der Waals surface area contributed by atoms with E-state index < -0.39 is 5.91 Å². The average Bonchev–Trinajstić information content (AvgIpc) is 2.84. The highest BCUT2D eigenvalue weighted by Gasteiger charge is 2.31. The van der Waals surface area contributed by atoms with Crippen molar-refractivity contribution in [1.29, 1.82) is 0 Å². The maximum absolute atomic E-state index is 11.8. The minimum absolute atomic E-state index is 0.0538. The molecule has 0 aliphatic carbocycles. The molecule has 1 aromatic heterocycles. The summed E-state index contributed by atoms with van der Waals surface area (Å²) in [5, 5.41) is 3.18. The van der Waals surface area contributed by atoms with E-state index in [-0.39, 0.29) is 5.41 Å². The predicted octanol–water partition coefficient (Wildman–Crippen LogP) is 2.06. The van der Waals surface area contributed by atoms with Gasteiger partial charge in [-0.15, -0.1) is 0 Å². The molecule has 1 amide bonds. The monoisotopic (exact) mass is 345 g/mol. The molecule has 0 atom stereocenters. The summed E-state index contributed by atoms with van der Waals surface area (Å²) in [5.41, 5.74) is 8.97. The molecule has 0 unspecified atom stereocenters.